The van der Waals surface area contributed by atoms with Gasteiger partial charge >= 0.3 is 5.97 Å². The molecule has 0 fully saturated rings. The fraction of sp³-hybridized carbons (Fsp3) is 0.115. The number of carboxylic acids is 1. The summed E-state index contributed by atoms with van der Waals surface area (Å²) in [4.78, 5) is 29.0. The predicted octanol–water partition coefficient (Wildman–Crippen LogP) is 5.51. The molecule has 1 heterocycles. The Morgan fingerprint density at radius 2 is 1.73 bits per heavy atom. The zero-order valence-corrected chi connectivity index (χ0v) is 18.5. The number of methoxy groups -OCH3 is 1. The molecule has 0 unspecified atom stereocenters. The number of nitrogens with zero attached hydrogens (tertiary/aromatic N) is 1. The molecule has 0 bridgehead atoms. The number of benzene rings is 3. The van der Waals surface area contributed by atoms with Crippen LogP contribution >= 0.6 is 11.6 Å². The Balaban J connectivity index is 1.68. The van der Waals surface area contributed by atoms with Crippen molar-refractivity contribution < 1.29 is 19.4 Å². The molecule has 2 N–H and O–H groups in total. The molecule has 1 atom stereocenters. The van der Waals surface area contributed by atoms with Crippen LogP contribution in [0.25, 0.3) is 22.0 Å². The van der Waals surface area contributed by atoms with Crippen molar-refractivity contribution in [3.63, 3.8) is 0 Å². The van der Waals surface area contributed by atoms with Crippen LogP contribution < -0.4 is 10.1 Å². The zero-order valence-electron chi connectivity index (χ0n) is 17.8. The van der Waals surface area contributed by atoms with Crippen molar-refractivity contribution in [1.29, 1.82) is 0 Å². The normalized spacial score (nSPS) is 11.7. The third kappa shape index (κ3) is 4.96. The number of aromatic nitrogens is 1. The summed E-state index contributed by atoms with van der Waals surface area (Å²) < 4.78 is 5.48. The first-order valence-electron chi connectivity index (χ1n) is 10.3. The number of hydrogen-bond acceptors (Lipinski definition) is 4. The zero-order chi connectivity index (χ0) is 23.4. The van der Waals surface area contributed by atoms with E-state index in [1.807, 2.05) is 42.5 Å². The molecule has 0 saturated heterocycles. The monoisotopic (exact) mass is 460 g/mol. The lowest BCUT2D eigenvalue weighted by Gasteiger charge is -2.19. The van der Waals surface area contributed by atoms with E-state index in [1.54, 1.807) is 43.5 Å². The van der Waals surface area contributed by atoms with Crippen molar-refractivity contribution >= 4 is 34.2 Å². The van der Waals surface area contributed by atoms with Gasteiger partial charge in [0.2, 0.25) is 0 Å². The van der Waals surface area contributed by atoms with Crippen LogP contribution in [0.4, 0.5) is 0 Å². The number of nitrogens with one attached hydrogen (secondary N) is 1. The molecule has 0 spiro atoms. The minimum atomic E-state index is -1.06. The number of fused-ring (bicyclic) bond motifs is 1. The number of aliphatic carboxylic acids is 1. The van der Waals surface area contributed by atoms with Crippen molar-refractivity contribution in [3.8, 4) is 17.0 Å². The number of hydrogen-bond donors (Lipinski definition) is 2. The maximum Gasteiger partial charge on any atom is 0.305 e. The number of carbonyl (C=O) groups is 2. The lowest BCUT2D eigenvalue weighted by molar-refractivity contribution is -0.137. The van der Waals surface area contributed by atoms with E-state index in [1.165, 1.54) is 0 Å². The molecule has 7 heteroatoms. The van der Waals surface area contributed by atoms with Gasteiger partial charge in [0.05, 0.1) is 19.6 Å². The summed E-state index contributed by atoms with van der Waals surface area (Å²) in [5.41, 5.74) is 1.98. The molecule has 1 amide bonds. The molecule has 4 rings (SSSR count). The van der Waals surface area contributed by atoms with Gasteiger partial charge in [-0.05, 0) is 40.6 Å². The number of halogens is 1. The van der Waals surface area contributed by atoms with E-state index >= 15 is 0 Å². The summed E-state index contributed by atoms with van der Waals surface area (Å²) in [7, 11) is 1.54. The first kappa shape index (κ1) is 22.3. The maximum absolute atomic E-state index is 13.1. The summed E-state index contributed by atoms with van der Waals surface area (Å²) in [6.45, 7) is 0. The molecule has 0 aliphatic rings. The summed E-state index contributed by atoms with van der Waals surface area (Å²) in [6.07, 6.45) is -0.316. The van der Waals surface area contributed by atoms with E-state index in [0.717, 1.165) is 16.3 Å². The summed E-state index contributed by atoms with van der Waals surface area (Å²) in [5.74, 6) is -1.04. The van der Waals surface area contributed by atoms with Gasteiger partial charge in [-0.3, -0.25) is 9.59 Å². The maximum atomic E-state index is 13.1. The highest BCUT2D eigenvalue weighted by molar-refractivity contribution is 6.31. The van der Waals surface area contributed by atoms with Gasteiger partial charge in [-0.1, -0.05) is 66.2 Å². The molecule has 166 valence electrons. The number of amides is 1. The molecule has 0 saturated carbocycles. The molecule has 1 aromatic heterocycles. The highest BCUT2D eigenvalue weighted by atomic mass is 35.5. The standard InChI is InChI=1S/C26H21ClN2O4/c1-33-23-13-12-21(28-25(23)18-11-10-16-6-2-3-7-17(16)14-18)26(32)29-22(15-24(30)31)19-8-4-5-9-20(19)27/h2-14,22H,15H2,1H3,(H,29,32)(H,30,31)/t22-/m0/s1. The molecule has 3 aromatic carbocycles. The van der Waals surface area contributed by atoms with E-state index in [2.05, 4.69) is 10.3 Å². The van der Waals surface area contributed by atoms with Crippen molar-refractivity contribution in [1.82, 2.24) is 10.3 Å². The third-order valence-electron chi connectivity index (χ3n) is 5.30. The van der Waals surface area contributed by atoms with E-state index < -0.39 is 17.9 Å². The first-order valence-corrected chi connectivity index (χ1v) is 10.7. The van der Waals surface area contributed by atoms with E-state index in [9.17, 15) is 14.7 Å². The van der Waals surface area contributed by atoms with Gasteiger partial charge in [0.1, 0.15) is 17.1 Å². The van der Waals surface area contributed by atoms with Crippen molar-refractivity contribution in [2.45, 2.75) is 12.5 Å². The second-order valence-corrected chi connectivity index (χ2v) is 7.86. The lowest BCUT2D eigenvalue weighted by Crippen LogP contribution is -2.31. The van der Waals surface area contributed by atoms with Gasteiger partial charge in [0, 0.05) is 10.6 Å². The van der Waals surface area contributed by atoms with Crippen LogP contribution in [0.15, 0.2) is 78.9 Å². The van der Waals surface area contributed by atoms with Crippen LogP contribution in [0.5, 0.6) is 5.75 Å². The van der Waals surface area contributed by atoms with Gasteiger partial charge in [-0.15, -0.1) is 0 Å². The quantitative estimate of drug-likeness (QED) is 0.379. The number of pyridine rings is 1. The van der Waals surface area contributed by atoms with Gasteiger partial charge < -0.3 is 15.2 Å². The summed E-state index contributed by atoms with van der Waals surface area (Å²) in [5, 5.41) is 14.6. The highest BCUT2D eigenvalue weighted by Gasteiger charge is 2.22. The Morgan fingerprint density at radius 3 is 2.45 bits per heavy atom. The largest absolute Gasteiger partial charge is 0.494 e. The van der Waals surface area contributed by atoms with Crippen molar-refractivity contribution in [3.05, 3.63) is 95.1 Å². The predicted molar refractivity (Wildman–Crippen MR) is 128 cm³/mol. The smallest absolute Gasteiger partial charge is 0.305 e. The minimum absolute atomic E-state index is 0.140. The third-order valence-corrected chi connectivity index (χ3v) is 5.64. The van der Waals surface area contributed by atoms with Crippen LogP contribution in [0, 0.1) is 0 Å². The molecule has 33 heavy (non-hydrogen) atoms. The SMILES string of the molecule is COc1ccc(C(=O)N[C@@H](CC(=O)O)c2ccccc2Cl)nc1-c1ccc2ccccc2c1. The molecule has 0 aliphatic carbocycles. The number of ether oxygens (including phenoxy) is 1. The van der Waals surface area contributed by atoms with Gasteiger partial charge in [-0.25, -0.2) is 4.98 Å². The molecular weight excluding hydrogens is 440 g/mol. The fourth-order valence-electron chi connectivity index (χ4n) is 3.68. The molecule has 0 radical (unpaired) electrons. The molecule has 4 aromatic rings. The summed E-state index contributed by atoms with van der Waals surface area (Å²) in [6, 6.07) is 23.1. The Kier molecular flexibility index (Phi) is 6.56. The fourth-order valence-corrected chi connectivity index (χ4v) is 3.95. The number of carbonyl (C=O) groups excluding carboxylic acids is 1. The van der Waals surface area contributed by atoms with Gasteiger partial charge in [0.25, 0.3) is 5.91 Å². The van der Waals surface area contributed by atoms with Crippen LogP contribution in [0.2, 0.25) is 5.02 Å². The molecule has 6 nitrogen and oxygen atoms in total. The number of rotatable bonds is 7. The average Bonchev–Trinajstić information content (AvgIpc) is 2.83. The van der Waals surface area contributed by atoms with E-state index in [-0.39, 0.29) is 12.1 Å². The van der Waals surface area contributed by atoms with Gasteiger partial charge in [-0.2, -0.15) is 0 Å². The van der Waals surface area contributed by atoms with Crippen LogP contribution in [-0.4, -0.2) is 29.1 Å². The Hall–Kier alpha value is -3.90. The Labute approximate surface area is 195 Å². The molecular formula is C26H21ClN2O4. The Morgan fingerprint density at radius 1 is 1.00 bits per heavy atom. The summed E-state index contributed by atoms with van der Waals surface area (Å²) >= 11 is 6.25. The van der Waals surface area contributed by atoms with E-state index in [0.29, 0.717) is 22.0 Å². The van der Waals surface area contributed by atoms with Crippen molar-refractivity contribution in [2.75, 3.05) is 7.11 Å². The second-order valence-electron chi connectivity index (χ2n) is 7.45. The molecule has 0 aliphatic heterocycles. The van der Waals surface area contributed by atoms with Crippen LogP contribution in [0.1, 0.15) is 28.5 Å². The lowest BCUT2D eigenvalue weighted by atomic mass is 10.0. The van der Waals surface area contributed by atoms with Gasteiger partial charge in [0.15, 0.2) is 0 Å². The topological polar surface area (TPSA) is 88.5 Å². The Bertz CT molecular complexity index is 1340. The second kappa shape index (κ2) is 9.71. The van der Waals surface area contributed by atoms with Crippen molar-refractivity contribution in [2.24, 2.45) is 0 Å². The number of carboxylic acid groups (broad SMARTS) is 1. The highest BCUT2D eigenvalue weighted by Crippen LogP contribution is 2.31. The minimum Gasteiger partial charge on any atom is -0.494 e. The van der Waals surface area contributed by atoms with Crippen LogP contribution in [-0.2, 0) is 4.79 Å². The first-order chi connectivity index (χ1) is 16.0. The average molecular weight is 461 g/mol. The van der Waals surface area contributed by atoms with E-state index in [4.69, 9.17) is 16.3 Å². The van der Waals surface area contributed by atoms with Crippen LogP contribution in [0.3, 0.4) is 0 Å².